The molecule has 0 radical (unpaired) electrons. The van der Waals surface area contributed by atoms with Gasteiger partial charge in [0.15, 0.2) is 0 Å². The van der Waals surface area contributed by atoms with Gasteiger partial charge in [-0.25, -0.2) is 4.98 Å². The Balaban J connectivity index is 2.01. The van der Waals surface area contributed by atoms with E-state index in [0.29, 0.717) is 5.56 Å². The summed E-state index contributed by atoms with van der Waals surface area (Å²) in [5.74, 6) is -0.978. The van der Waals surface area contributed by atoms with E-state index < -0.39 is 18.4 Å². The Morgan fingerprint density at radius 2 is 1.94 bits per heavy atom. The first-order chi connectivity index (χ1) is 8.47. The van der Waals surface area contributed by atoms with Gasteiger partial charge in [0.25, 0.3) is 0 Å². The first-order valence-corrected chi connectivity index (χ1v) is 5.77. The van der Waals surface area contributed by atoms with Crippen molar-refractivity contribution < 1.29 is 18.0 Å². The molecule has 1 saturated heterocycles. The smallest absolute Gasteiger partial charge is 0.357 e. The fraction of sp³-hybridized carbons (Fsp3) is 0.500. The fourth-order valence-corrected chi connectivity index (χ4v) is 1.94. The van der Waals surface area contributed by atoms with Gasteiger partial charge in [-0.1, -0.05) is 6.07 Å². The van der Waals surface area contributed by atoms with Crippen LogP contribution in [0.3, 0.4) is 0 Å². The number of ketones is 1. The highest BCUT2D eigenvalue weighted by atomic mass is 19.4. The van der Waals surface area contributed by atoms with Gasteiger partial charge in [0.1, 0.15) is 5.82 Å². The Kier molecular flexibility index (Phi) is 3.54. The molecule has 3 nitrogen and oxygen atoms in total. The van der Waals surface area contributed by atoms with E-state index in [1.807, 2.05) is 0 Å². The van der Waals surface area contributed by atoms with Crippen LogP contribution in [0, 0.1) is 0 Å². The first kappa shape index (κ1) is 12.9. The van der Waals surface area contributed by atoms with Crippen LogP contribution in [0.4, 0.5) is 19.0 Å². The number of Topliss-reactive ketones (excluding diaryl/α,β-unsaturated/α-hetero) is 1. The Morgan fingerprint density at radius 1 is 1.28 bits per heavy atom. The molecule has 1 aromatic rings. The van der Waals surface area contributed by atoms with E-state index >= 15 is 0 Å². The molecule has 0 bridgehead atoms. The van der Waals surface area contributed by atoms with Gasteiger partial charge in [0, 0.05) is 25.7 Å². The number of carbonyl (C=O) groups excluding carboxylic acids is 1. The summed E-state index contributed by atoms with van der Waals surface area (Å²) in [5.41, 5.74) is 0.292. The zero-order valence-corrected chi connectivity index (χ0v) is 9.70. The molecular weight excluding hydrogens is 245 g/mol. The van der Waals surface area contributed by atoms with Gasteiger partial charge in [-0.2, -0.15) is 13.2 Å². The summed E-state index contributed by atoms with van der Waals surface area (Å²) in [6.45, 7) is 1.85. The molecule has 1 aromatic heterocycles. The summed E-state index contributed by atoms with van der Waals surface area (Å²) in [7, 11) is 0. The van der Waals surface area contributed by atoms with Gasteiger partial charge >= 0.3 is 6.18 Å². The fourth-order valence-electron chi connectivity index (χ4n) is 1.94. The molecule has 6 heteroatoms. The maximum atomic E-state index is 12.1. The largest absolute Gasteiger partial charge is 0.450 e. The number of aromatic nitrogens is 1. The van der Waals surface area contributed by atoms with Crippen LogP contribution in [0.1, 0.15) is 18.4 Å². The quantitative estimate of drug-likeness (QED) is 0.834. The predicted octanol–water partition coefficient (Wildman–Crippen LogP) is 2.36. The summed E-state index contributed by atoms with van der Waals surface area (Å²) >= 11 is 0. The first-order valence-electron chi connectivity index (χ1n) is 5.77. The van der Waals surface area contributed by atoms with Crippen molar-refractivity contribution in [1.29, 1.82) is 0 Å². The molecule has 0 spiro atoms. The van der Waals surface area contributed by atoms with Gasteiger partial charge in [0.05, 0.1) is 0 Å². The lowest BCUT2D eigenvalue weighted by Gasteiger charge is -2.16. The zero-order chi connectivity index (χ0) is 13.2. The molecule has 0 atom stereocenters. The minimum absolute atomic E-state index is 0.292. The number of halogens is 3. The maximum absolute atomic E-state index is 12.1. The highest BCUT2D eigenvalue weighted by Crippen LogP contribution is 2.20. The molecule has 1 aliphatic heterocycles. The summed E-state index contributed by atoms with van der Waals surface area (Å²) in [6.07, 6.45) is -1.85. The van der Waals surface area contributed by atoms with Crippen molar-refractivity contribution in [3.63, 3.8) is 0 Å². The second kappa shape index (κ2) is 4.96. The van der Waals surface area contributed by atoms with Crippen molar-refractivity contribution in [2.24, 2.45) is 0 Å². The van der Waals surface area contributed by atoms with Crippen LogP contribution < -0.4 is 4.90 Å². The SMILES string of the molecule is O=C(Cc1ccc(N2CCCC2)nc1)C(F)(F)F. The standard InChI is InChI=1S/C12H13F3N2O/c13-12(14,15)10(18)7-9-3-4-11(16-8-9)17-5-1-2-6-17/h3-4,8H,1-2,5-7H2. The Morgan fingerprint density at radius 3 is 2.44 bits per heavy atom. The molecule has 0 amide bonds. The van der Waals surface area contributed by atoms with Crippen LogP contribution in [0.25, 0.3) is 0 Å². The molecule has 18 heavy (non-hydrogen) atoms. The van der Waals surface area contributed by atoms with E-state index in [2.05, 4.69) is 9.88 Å². The van der Waals surface area contributed by atoms with Crippen LogP contribution in [-0.4, -0.2) is 30.0 Å². The third-order valence-electron chi connectivity index (χ3n) is 2.92. The average molecular weight is 258 g/mol. The van der Waals surface area contributed by atoms with E-state index in [-0.39, 0.29) is 0 Å². The molecular formula is C12H13F3N2O. The average Bonchev–Trinajstić information content (AvgIpc) is 2.82. The number of alkyl halides is 3. The molecule has 1 aliphatic rings. The number of carbonyl (C=O) groups is 1. The molecule has 2 rings (SSSR count). The maximum Gasteiger partial charge on any atom is 0.450 e. The summed E-state index contributed by atoms with van der Waals surface area (Å²) in [6, 6.07) is 3.20. The van der Waals surface area contributed by atoms with E-state index in [9.17, 15) is 18.0 Å². The van der Waals surface area contributed by atoms with Crippen LogP contribution >= 0.6 is 0 Å². The highest BCUT2D eigenvalue weighted by molar-refractivity contribution is 5.86. The third kappa shape index (κ3) is 3.00. The minimum atomic E-state index is -4.77. The van der Waals surface area contributed by atoms with Crippen LogP contribution in [0.2, 0.25) is 0 Å². The number of hydrogen-bond donors (Lipinski definition) is 0. The topological polar surface area (TPSA) is 33.2 Å². The molecule has 0 saturated carbocycles. The molecule has 0 aliphatic carbocycles. The van der Waals surface area contributed by atoms with Crippen molar-refractivity contribution >= 4 is 11.6 Å². The van der Waals surface area contributed by atoms with Crippen molar-refractivity contribution in [2.45, 2.75) is 25.4 Å². The van der Waals surface area contributed by atoms with Crippen molar-refractivity contribution in [3.8, 4) is 0 Å². The van der Waals surface area contributed by atoms with E-state index in [0.717, 1.165) is 31.7 Å². The van der Waals surface area contributed by atoms with Crippen molar-refractivity contribution in [2.75, 3.05) is 18.0 Å². The van der Waals surface area contributed by atoms with Crippen LogP contribution in [-0.2, 0) is 11.2 Å². The molecule has 2 heterocycles. The minimum Gasteiger partial charge on any atom is -0.357 e. The Hall–Kier alpha value is -1.59. The number of pyridine rings is 1. The van der Waals surface area contributed by atoms with Crippen molar-refractivity contribution in [3.05, 3.63) is 23.9 Å². The van der Waals surface area contributed by atoms with Gasteiger partial charge < -0.3 is 4.90 Å². The normalized spacial score (nSPS) is 16.1. The summed E-state index contributed by atoms with van der Waals surface area (Å²) in [5, 5.41) is 0. The lowest BCUT2D eigenvalue weighted by molar-refractivity contribution is -0.170. The number of rotatable bonds is 3. The van der Waals surface area contributed by atoms with Crippen LogP contribution in [0.5, 0.6) is 0 Å². The lowest BCUT2D eigenvalue weighted by atomic mass is 10.1. The summed E-state index contributed by atoms with van der Waals surface area (Å²) < 4.78 is 36.2. The number of nitrogens with zero attached hydrogens (tertiary/aromatic N) is 2. The number of anilines is 1. The predicted molar refractivity (Wildman–Crippen MR) is 60.5 cm³/mol. The van der Waals surface area contributed by atoms with Crippen molar-refractivity contribution in [1.82, 2.24) is 4.98 Å². The Labute approximate surface area is 103 Å². The molecule has 0 unspecified atom stereocenters. The second-order valence-corrected chi connectivity index (χ2v) is 4.32. The second-order valence-electron chi connectivity index (χ2n) is 4.32. The van der Waals surface area contributed by atoms with Gasteiger partial charge in [-0.05, 0) is 24.5 Å². The lowest BCUT2D eigenvalue weighted by Crippen LogP contribution is -2.24. The number of hydrogen-bond acceptors (Lipinski definition) is 3. The third-order valence-corrected chi connectivity index (χ3v) is 2.92. The monoisotopic (exact) mass is 258 g/mol. The van der Waals surface area contributed by atoms with E-state index in [4.69, 9.17) is 0 Å². The van der Waals surface area contributed by atoms with Crippen LogP contribution in [0.15, 0.2) is 18.3 Å². The van der Waals surface area contributed by atoms with Gasteiger partial charge in [-0.3, -0.25) is 4.79 Å². The van der Waals surface area contributed by atoms with Gasteiger partial charge in [-0.15, -0.1) is 0 Å². The Bertz CT molecular complexity index is 422. The molecule has 98 valence electrons. The highest BCUT2D eigenvalue weighted by Gasteiger charge is 2.37. The molecule has 0 aromatic carbocycles. The van der Waals surface area contributed by atoms with E-state index in [1.54, 1.807) is 6.07 Å². The zero-order valence-electron chi connectivity index (χ0n) is 9.70. The van der Waals surface area contributed by atoms with E-state index in [1.165, 1.54) is 12.3 Å². The van der Waals surface area contributed by atoms with Gasteiger partial charge in [0.2, 0.25) is 5.78 Å². The summed E-state index contributed by atoms with van der Waals surface area (Å²) in [4.78, 5) is 17.0. The molecule has 0 N–H and O–H groups in total. The molecule has 1 fully saturated rings.